The molecule has 0 unspecified atom stereocenters. The SMILES string of the molecule is c1ccc(-c2ccc(-c3nc(-n4c5cccc6c5c5c7c(cccc7ccc54)-c4ccccc4-6)nc(C4(c5ccccc5)c5ccccc5-c5ccccc54)n3)cc2)cc1. The second-order valence-corrected chi connectivity index (χ2v) is 15.9. The molecule has 0 bridgehead atoms. The van der Waals surface area contributed by atoms with Crippen molar-refractivity contribution in [3.8, 4) is 61.8 Å². The summed E-state index contributed by atoms with van der Waals surface area (Å²) in [7, 11) is 0. The van der Waals surface area contributed by atoms with E-state index in [0.29, 0.717) is 17.6 Å². The van der Waals surface area contributed by atoms with Gasteiger partial charge in [0.2, 0.25) is 5.95 Å². The van der Waals surface area contributed by atoms with E-state index in [1.807, 2.05) is 0 Å². The standard InChI is InChI=1S/C56H34N4/c1-3-15-35(16-4-1)36-29-31-38(32-30-36)53-57-54(56(39-18-5-2-6-19-39)46-26-11-9-22-42(46)43-23-10-12-27-47(43)56)59-55(58-53)60-48-28-14-25-45-41-21-8-7-20-40(41)44-24-13-17-37-33-34-49(60)52(50(37)44)51(45)48/h1-34H. The van der Waals surface area contributed by atoms with Gasteiger partial charge in [-0.25, -0.2) is 4.98 Å². The van der Waals surface area contributed by atoms with E-state index in [0.717, 1.165) is 38.9 Å². The minimum Gasteiger partial charge on any atom is -0.278 e. The smallest absolute Gasteiger partial charge is 0.238 e. The summed E-state index contributed by atoms with van der Waals surface area (Å²) < 4.78 is 2.29. The van der Waals surface area contributed by atoms with Crippen LogP contribution in [0, 0.1) is 0 Å². The molecule has 0 fully saturated rings. The molecule has 11 aromatic rings. The molecule has 2 aliphatic carbocycles. The molecule has 0 spiro atoms. The predicted octanol–water partition coefficient (Wildman–Crippen LogP) is 13.5. The Morgan fingerprint density at radius 3 is 1.57 bits per heavy atom. The molecular formula is C56H34N4. The van der Waals surface area contributed by atoms with Crippen LogP contribution < -0.4 is 0 Å². The Morgan fingerprint density at radius 2 is 0.867 bits per heavy atom. The fourth-order valence-electron chi connectivity index (χ4n) is 10.4. The molecule has 4 heteroatoms. The van der Waals surface area contributed by atoms with Gasteiger partial charge in [-0.3, -0.25) is 4.57 Å². The van der Waals surface area contributed by atoms with Crippen LogP contribution in [0.3, 0.4) is 0 Å². The second kappa shape index (κ2) is 12.5. The quantitative estimate of drug-likeness (QED) is 0.175. The number of nitrogens with zero attached hydrogens (tertiary/aromatic N) is 4. The van der Waals surface area contributed by atoms with Gasteiger partial charge in [0.25, 0.3) is 0 Å². The maximum atomic E-state index is 5.73. The van der Waals surface area contributed by atoms with Gasteiger partial charge in [-0.2, -0.15) is 9.97 Å². The lowest BCUT2D eigenvalue weighted by Gasteiger charge is -2.32. The third-order valence-electron chi connectivity index (χ3n) is 12.9. The number of rotatable bonds is 5. The minimum atomic E-state index is -0.820. The molecular weight excluding hydrogens is 729 g/mol. The Morgan fingerprint density at radius 1 is 0.333 bits per heavy atom. The Balaban J connectivity index is 1.16. The highest BCUT2D eigenvalue weighted by atomic mass is 15.2. The predicted molar refractivity (Wildman–Crippen MR) is 244 cm³/mol. The maximum Gasteiger partial charge on any atom is 0.238 e. The van der Waals surface area contributed by atoms with Crippen LogP contribution in [0.5, 0.6) is 0 Å². The van der Waals surface area contributed by atoms with Crippen molar-refractivity contribution >= 4 is 32.6 Å². The van der Waals surface area contributed by atoms with Gasteiger partial charge < -0.3 is 0 Å². The fraction of sp³-hybridized carbons (Fsp3) is 0.0179. The zero-order chi connectivity index (χ0) is 39.4. The molecule has 60 heavy (non-hydrogen) atoms. The van der Waals surface area contributed by atoms with E-state index in [4.69, 9.17) is 15.0 Å². The lowest BCUT2D eigenvalue weighted by atomic mass is 9.71. The first kappa shape index (κ1) is 33.1. The van der Waals surface area contributed by atoms with E-state index < -0.39 is 5.41 Å². The van der Waals surface area contributed by atoms with E-state index in [1.165, 1.54) is 60.5 Å². The molecule has 0 N–H and O–H groups in total. The molecule has 2 aliphatic rings. The van der Waals surface area contributed by atoms with Crippen molar-refractivity contribution in [2.45, 2.75) is 5.41 Å². The average Bonchev–Trinajstić information content (AvgIpc) is 3.79. The molecule has 0 radical (unpaired) electrons. The summed E-state index contributed by atoms with van der Waals surface area (Å²) in [5.74, 6) is 1.89. The van der Waals surface area contributed by atoms with Crippen LogP contribution in [-0.4, -0.2) is 19.5 Å². The summed E-state index contributed by atoms with van der Waals surface area (Å²) in [4.78, 5) is 16.8. The van der Waals surface area contributed by atoms with E-state index in [9.17, 15) is 0 Å². The van der Waals surface area contributed by atoms with Crippen molar-refractivity contribution in [1.29, 1.82) is 0 Å². The zero-order valence-corrected chi connectivity index (χ0v) is 32.4. The van der Waals surface area contributed by atoms with Crippen LogP contribution in [0.25, 0.3) is 94.4 Å². The summed E-state index contributed by atoms with van der Waals surface area (Å²) in [5, 5.41) is 4.89. The number of hydrogen-bond acceptors (Lipinski definition) is 3. The molecule has 0 saturated carbocycles. The van der Waals surface area contributed by atoms with Crippen LogP contribution in [0.1, 0.15) is 22.5 Å². The Hall–Kier alpha value is -7.95. The number of benzene rings is 9. The third kappa shape index (κ3) is 4.47. The topological polar surface area (TPSA) is 43.6 Å². The highest BCUT2D eigenvalue weighted by Crippen LogP contribution is 2.56. The molecule has 278 valence electrons. The van der Waals surface area contributed by atoms with Crippen LogP contribution in [0.15, 0.2) is 206 Å². The molecule has 2 aromatic heterocycles. The summed E-state index contributed by atoms with van der Waals surface area (Å²) in [6.45, 7) is 0. The Kier molecular flexibility index (Phi) is 6.90. The fourth-order valence-corrected chi connectivity index (χ4v) is 10.4. The molecule has 0 saturated heterocycles. The zero-order valence-electron chi connectivity index (χ0n) is 32.4. The summed E-state index contributed by atoms with van der Waals surface area (Å²) in [6, 6.07) is 74.1. The molecule has 0 amide bonds. The monoisotopic (exact) mass is 762 g/mol. The normalized spacial score (nSPS) is 13.1. The van der Waals surface area contributed by atoms with Gasteiger partial charge in [-0.05, 0) is 84.1 Å². The van der Waals surface area contributed by atoms with Crippen LogP contribution in [0.2, 0.25) is 0 Å². The lowest BCUT2D eigenvalue weighted by Crippen LogP contribution is -2.32. The molecule has 2 heterocycles. The van der Waals surface area contributed by atoms with Crippen molar-refractivity contribution in [1.82, 2.24) is 19.5 Å². The van der Waals surface area contributed by atoms with Crippen molar-refractivity contribution in [2.75, 3.05) is 0 Å². The van der Waals surface area contributed by atoms with E-state index >= 15 is 0 Å². The molecule has 13 rings (SSSR count). The van der Waals surface area contributed by atoms with Crippen LogP contribution >= 0.6 is 0 Å². The second-order valence-electron chi connectivity index (χ2n) is 15.9. The van der Waals surface area contributed by atoms with Gasteiger partial charge in [0, 0.05) is 16.3 Å². The first-order valence-corrected chi connectivity index (χ1v) is 20.5. The Bertz CT molecular complexity index is 3490. The highest BCUT2D eigenvalue weighted by Gasteiger charge is 2.49. The van der Waals surface area contributed by atoms with Crippen LogP contribution in [0.4, 0.5) is 0 Å². The lowest BCUT2D eigenvalue weighted by molar-refractivity contribution is 0.683. The van der Waals surface area contributed by atoms with Crippen molar-refractivity contribution < 1.29 is 0 Å². The van der Waals surface area contributed by atoms with Gasteiger partial charge in [-0.15, -0.1) is 0 Å². The molecule has 0 aliphatic heterocycles. The largest absolute Gasteiger partial charge is 0.278 e. The van der Waals surface area contributed by atoms with E-state index in [1.54, 1.807) is 0 Å². The van der Waals surface area contributed by atoms with Gasteiger partial charge in [0.1, 0.15) is 5.41 Å². The molecule has 0 atom stereocenters. The Labute approximate surface area is 346 Å². The van der Waals surface area contributed by atoms with E-state index in [-0.39, 0.29) is 0 Å². The maximum absolute atomic E-state index is 5.73. The summed E-state index contributed by atoms with van der Waals surface area (Å²) in [6.07, 6.45) is 0. The first-order valence-electron chi connectivity index (χ1n) is 20.5. The van der Waals surface area contributed by atoms with Gasteiger partial charge in [-0.1, -0.05) is 194 Å². The molecule has 9 aromatic carbocycles. The van der Waals surface area contributed by atoms with Crippen molar-refractivity contribution in [3.05, 3.63) is 229 Å². The van der Waals surface area contributed by atoms with Gasteiger partial charge in [0.05, 0.1) is 11.0 Å². The summed E-state index contributed by atoms with van der Waals surface area (Å²) in [5.41, 5.74) is 15.3. The highest BCUT2D eigenvalue weighted by molar-refractivity contribution is 6.30. The average molecular weight is 763 g/mol. The van der Waals surface area contributed by atoms with Crippen LogP contribution in [-0.2, 0) is 5.41 Å². The third-order valence-corrected chi connectivity index (χ3v) is 12.9. The van der Waals surface area contributed by atoms with Crippen molar-refractivity contribution in [2.24, 2.45) is 0 Å². The van der Waals surface area contributed by atoms with Gasteiger partial charge >= 0.3 is 0 Å². The number of hydrogen-bond donors (Lipinski definition) is 0. The first-order chi connectivity index (χ1) is 29.8. The van der Waals surface area contributed by atoms with Gasteiger partial charge in [0.15, 0.2) is 11.6 Å². The van der Waals surface area contributed by atoms with Crippen molar-refractivity contribution in [3.63, 3.8) is 0 Å². The summed E-state index contributed by atoms with van der Waals surface area (Å²) >= 11 is 0. The number of fused-ring (bicyclic) bond motifs is 6. The minimum absolute atomic E-state index is 0.585. The number of aromatic nitrogens is 4. The molecule has 4 nitrogen and oxygen atoms in total. The van der Waals surface area contributed by atoms with E-state index in [2.05, 4.69) is 211 Å².